The molecule has 1 fully saturated rings. The minimum absolute atomic E-state index is 0.268. The highest BCUT2D eigenvalue weighted by atomic mass is 79.9. The lowest BCUT2D eigenvalue weighted by Crippen LogP contribution is -2.21. The third-order valence-corrected chi connectivity index (χ3v) is 5.39. The molecule has 2 N–H and O–H groups in total. The van der Waals surface area contributed by atoms with E-state index in [1.165, 1.54) is 37.7 Å². The van der Waals surface area contributed by atoms with Crippen LogP contribution in [0, 0.1) is 11.8 Å². The van der Waals surface area contributed by atoms with E-state index in [0.29, 0.717) is 0 Å². The van der Waals surface area contributed by atoms with Crippen molar-refractivity contribution in [2.24, 2.45) is 11.8 Å². The van der Waals surface area contributed by atoms with Crippen LogP contribution in [0.2, 0.25) is 0 Å². The molecule has 0 spiro atoms. The summed E-state index contributed by atoms with van der Waals surface area (Å²) in [4.78, 5) is 0. The summed E-state index contributed by atoms with van der Waals surface area (Å²) in [6.07, 6.45) is 6.91. The fourth-order valence-electron chi connectivity index (χ4n) is 3.08. The molecule has 1 aliphatic carbocycles. The summed E-state index contributed by atoms with van der Waals surface area (Å²) in [6.45, 7) is 4.30. The van der Waals surface area contributed by atoms with Crippen molar-refractivity contribution >= 4 is 31.9 Å². The smallest absolute Gasteiger partial charge is 0.143 e. The lowest BCUT2D eigenvalue weighted by Gasteiger charge is -2.26. The second kappa shape index (κ2) is 7.81. The number of aromatic hydroxyl groups is 1. The van der Waals surface area contributed by atoms with Crippen molar-refractivity contribution in [3.63, 3.8) is 0 Å². The summed E-state index contributed by atoms with van der Waals surface area (Å²) in [5.74, 6) is 2.09. The van der Waals surface area contributed by atoms with Crippen LogP contribution in [0.1, 0.15) is 44.6 Å². The van der Waals surface area contributed by atoms with E-state index >= 15 is 0 Å². The van der Waals surface area contributed by atoms with E-state index < -0.39 is 0 Å². The number of rotatable bonds is 5. The highest BCUT2D eigenvalue weighted by molar-refractivity contribution is 9.11. The maximum absolute atomic E-state index is 9.68. The Kier molecular flexibility index (Phi) is 6.37. The first kappa shape index (κ1) is 16.3. The van der Waals surface area contributed by atoms with Crippen molar-refractivity contribution in [1.82, 2.24) is 5.32 Å². The van der Waals surface area contributed by atoms with Gasteiger partial charge in [0.2, 0.25) is 0 Å². The Hall–Kier alpha value is -0.0600. The molecule has 0 bridgehead atoms. The van der Waals surface area contributed by atoms with Crippen LogP contribution in [-0.2, 0) is 6.54 Å². The van der Waals surface area contributed by atoms with E-state index in [2.05, 4.69) is 44.1 Å². The van der Waals surface area contributed by atoms with Crippen molar-refractivity contribution in [2.45, 2.75) is 45.6 Å². The molecule has 4 heteroatoms. The van der Waals surface area contributed by atoms with Crippen LogP contribution < -0.4 is 5.32 Å². The van der Waals surface area contributed by atoms with Gasteiger partial charge in [-0.3, -0.25) is 0 Å². The van der Waals surface area contributed by atoms with Gasteiger partial charge in [0.05, 0.1) is 8.95 Å². The topological polar surface area (TPSA) is 32.3 Å². The molecule has 20 heavy (non-hydrogen) atoms. The maximum Gasteiger partial charge on any atom is 0.143 e. The van der Waals surface area contributed by atoms with E-state index in [9.17, 15) is 5.11 Å². The number of nitrogens with one attached hydrogen (secondary N) is 1. The molecule has 0 radical (unpaired) electrons. The van der Waals surface area contributed by atoms with E-state index in [1.54, 1.807) is 0 Å². The highest BCUT2D eigenvalue weighted by Gasteiger charge is 2.18. The van der Waals surface area contributed by atoms with Gasteiger partial charge in [0.25, 0.3) is 0 Å². The number of benzene rings is 1. The van der Waals surface area contributed by atoms with E-state index in [1.807, 2.05) is 12.1 Å². The number of phenolic OH excluding ortho intramolecular Hbond substituents is 1. The fraction of sp³-hybridized carbons (Fsp3) is 0.625. The lowest BCUT2D eigenvalue weighted by atomic mass is 9.81. The van der Waals surface area contributed by atoms with E-state index in [-0.39, 0.29) is 5.75 Å². The molecular formula is C16H23Br2NO. The van der Waals surface area contributed by atoms with Crippen LogP contribution in [0.3, 0.4) is 0 Å². The second-order valence-electron chi connectivity index (χ2n) is 6.01. The van der Waals surface area contributed by atoms with Gasteiger partial charge in [-0.2, -0.15) is 0 Å². The molecule has 2 rings (SSSR count). The predicted octanol–water partition coefficient (Wildman–Crippen LogP) is 5.22. The molecule has 112 valence electrons. The monoisotopic (exact) mass is 403 g/mol. The lowest BCUT2D eigenvalue weighted by molar-refractivity contribution is 0.267. The zero-order valence-corrected chi connectivity index (χ0v) is 15.1. The Labute approximate surface area is 138 Å². The minimum atomic E-state index is 0.268. The van der Waals surface area contributed by atoms with Crippen LogP contribution in [-0.4, -0.2) is 11.7 Å². The Balaban J connectivity index is 1.73. The molecule has 1 saturated carbocycles. The molecule has 1 aromatic rings. The number of phenols is 1. The van der Waals surface area contributed by atoms with Gasteiger partial charge in [0.15, 0.2) is 0 Å². The third-order valence-electron chi connectivity index (χ3n) is 4.18. The number of hydrogen-bond acceptors (Lipinski definition) is 2. The first-order valence-corrected chi connectivity index (χ1v) is 9.02. The molecular weight excluding hydrogens is 382 g/mol. The van der Waals surface area contributed by atoms with Gasteiger partial charge in [0.1, 0.15) is 5.75 Å². The van der Waals surface area contributed by atoms with Crippen LogP contribution in [0.25, 0.3) is 0 Å². The molecule has 1 aliphatic rings. The largest absolute Gasteiger partial charge is 0.506 e. The summed E-state index contributed by atoms with van der Waals surface area (Å²) in [5, 5.41) is 13.2. The number of halogens is 2. The van der Waals surface area contributed by atoms with Gasteiger partial charge in [-0.1, -0.05) is 26.2 Å². The molecule has 2 atom stereocenters. The van der Waals surface area contributed by atoms with Crippen molar-refractivity contribution in [3.8, 4) is 5.75 Å². The first-order valence-electron chi connectivity index (χ1n) is 7.44. The zero-order chi connectivity index (χ0) is 14.5. The predicted molar refractivity (Wildman–Crippen MR) is 91.0 cm³/mol. The summed E-state index contributed by atoms with van der Waals surface area (Å²) < 4.78 is 1.48. The molecule has 2 unspecified atom stereocenters. The molecule has 0 amide bonds. The Morgan fingerprint density at radius 1 is 1.25 bits per heavy atom. The maximum atomic E-state index is 9.68. The van der Waals surface area contributed by atoms with E-state index in [0.717, 1.165) is 33.9 Å². The summed E-state index contributed by atoms with van der Waals surface area (Å²) in [6, 6.07) is 3.94. The van der Waals surface area contributed by atoms with Gasteiger partial charge in [-0.25, -0.2) is 0 Å². The molecule has 2 nitrogen and oxygen atoms in total. The third kappa shape index (κ3) is 4.74. The molecule has 1 aromatic carbocycles. The fourth-order valence-corrected chi connectivity index (χ4v) is 4.36. The van der Waals surface area contributed by atoms with Crippen LogP contribution >= 0.6 is 31.9 Å². The molecule has 0 heterocycles. The van der Waals surface area contributed by atoms with Crippen molar-refractivity contribution < 1.29 is 5.11 Å². The van der Waals surface area contributed by atoms with Crippen LogP contribution in [0.5, 0.6) is 5.75 Å². The Morgan fingerprint density at radius 3 is 2.60 bits per heavy atom. The molecule has 0 saturated heterocycles. The van der Waals surface area contributed by atoms with Crippen LogP contribution in [0.4, 0.5) is 0 Å². The quantitative estimate of drug-likeness (QED) is 0.659. The van der Waals surface area contributed by atoms with Gasteiger partial charge >= 0.3 is 0 Å². The zero-order valence-electron chi connectivity index (χ0n) is 12.0. The van der Waals surface area contributed by atoms with Gasteiger partial charge in [-0.15, -0.1) is 0 Å². The molecule has 0 aromatic heterocycles. The average Bonchev–Trinajstić information content (AvgIpc) is 2.41. The van der Waals surface area contributed by atoms with Crippen molar-refractivity contribution in [1.29, 1.82) is 0 Å². The average molecular weight is 405 g/mol. The summed E-state index contributed by atoms with van der Waals surface area (Å²) >= 11 is 6.73. The van der Waals surface area contributed by atoms with Crippen molar-refractivity contribution in [2.75, 3.05) is 6.54 Å². The highest BCUT2D eigenvalue weighted by Crippen LogP contribution is 2.33. The summed E-state index contributed by atoms with van der Waals surface area (Å²) in [7, 11) is 0. The second-order valence-corrected chi connectivity index (χ2v) is 7.72. The molecule has 0 aliphatic heterocycles. The van der Waals surface area contributed by atoms with Gasteiger partial charge in [0, 0.05) is 6.54 Å². The van der Waals surface area contributed by atoms with Crippen LogP contribution in [0.15, 0.2) is 21.1 Å². The van der Waals surface area contributed by atoms with Crippen molar-refractivity contribution in [3.05, 3.63) is 26.6 Å². The standard InChI is InChI=1S/C16H23Br2NO/c1-11-3-2-4-12(7-11)5-6-19-10-13-8-14(17)16(20)15(18)9-13/h8-9,11-12,19-20H,2-7,10H2,1H3. The Bertz CT molecular complexity index is 427. The van der Waals surface area contributed by atoms with Gasteiger partial charge < -0.3 is 10.4 Å². The number of hydrogen-bond donors (Lipinski definition) is 2. The Morgan fingerprint density at radius 2 is 1.95 bits per heavy atom. The summed E-state index contributed by atoms with van der Waals surface area (Å²) in [5.41, 5.74) is 1.18. The van der Waals surface area contributed by atoms with Gasteiger partial charge in [-0.05, 0) is 80.8 Å². The normalized spacial score (nSPS) is 22.9. The minimum Gasteiger partial charge on any atom is -0.506 e. The SMILES string of the molecule is CC1CCCC(CCNCc2cc(Br)c(O)c(Br)c2)C1. The van der Waals surface area contributed by atoms with E-state index in [4.69, 9.17) is 0 Å². The first-order chi connectivity index (χ1) is 9.56.